The summed E-state index contributed by atoms with van der Waals surface area (Å²) < 4.78 is 50.0. The minimum absolute atomic E-state index is 0.000732. The quantitative estimate of drug-likeness (QED) is 0.392. The average Bonchev–Trinajstić information content (AvgIpc) is 2.88. The summed E-state index contributed by atoms with van der Waals surface area (Å²) in [6.45, 7) is 7.98. The van der Waals surface area contributed by atoms with Gasteiger partial charge < -0.3 is 19.3 Å². The summed E-state index contributed by atoms with van der Waals surface area (Å²) in [6, 6.07) is 6.95. The molecule has 0 bridgehead atoms. The Morgan fingerprint density at radius 3 is 2.18 bits per heavy atom. The lowest BCUT2D eigenvalue weighted by atomic mass is 9.90. The molecule has 0 saturated carbocycles. The highest BCUT2D eigenvalue weighted by atomic mass is 19.4. The van der Waals surface area contributed by atoms with Crippen LogP contribution in [0.2, 0.25) is 0 Å². The van der Waals surface area contributed by atoms with E-state index in [0.717, 1.165) is 30.7 Å². The van der Waals surface area contributed by atoms with Crippen LogP contribution in [0.25, 0.3) is 0 Å². The number of aromatic nitrogens is 1. The van der Waals surface area contributed by atoms with Gasteiger partial charge in [-0.2, -0.15) is 13.2 Å². The molecule has 7 nitrogen and oxygen atoms in total. The number of Topliss-reactive ketones (excluding diaryl/α,β-unsaturated/α-hetero) is 1. The van der Waals surface area contributed by atoms with Crippen molar-refractivity contribution in [2.45, 2.75) is 70.8 Å². The normalized spacial score (nSPS) is 17.7. The van der Waals surface area contributed by atoms with Crippen molar-refractivity contribution >= 4 is 17.6 Å². The summed E-state index contributed by atoms with van der Waals surface area (Å²) >= 11 is 0. The number of halogens is 3. The molecular formula is C29H36F3N3O4. The van der Waals surface area contributed by atoms with Crippen LogP contribution >= 0.6 is 0 Å². The maximum atomic E-state index is 13.0. The van der Waals surface area contributed by atoms with Crippen LogP contribution in [0.4, 0.5) is 23.7 Å². The molecule has 1 amide bonds. The van der Waals surface area contributed by atoms with E-state index in [1.165, 1.54) is 12.1 Å². The number of carbonyl (C=O) groups is 2. The van der Waals surface area contributed by atoms with Crippen molar-refractivity contribution in [3.8, 4) is 5.75 Å². The molecule has 10 heteroatoms. The first kappa shape index (κ1) is 28.7. The minimum Gasteiger partial charge on any atom is -0.489 e. The Hall–Kier alpha value is -3.30. The zero-order chi connectivity index (χ0) is 28.2. The number of piperidine rings is 2. The predicted octanol–water partition coefficient (Wildman–Crippen LogP) is 6.37. The number of anilines is 1. The number of likely N-dealkylation sites (tertiary alicyclic amines) is 1. The first-order valence-corrected chi connectivity index (χ1v) is 13.4. The molecule has 0 atom stereocenters. The first-order chi connectivity index (χ1) is 18.4. The fourth-order valence-electron chi connectivity index (χ4n) is 4.95. The molecule has 2 aliphatic rings. The second-order valence-electron chi connectivity index (χ2n) is 11.3. The Labute approximate surface area is 227 Å². The van der Waals surface area contributed by atoms with Gasteiger partial charge in [-0.25, -0.2) is 4.79 Å². The van der Waals surface area contributed by atoms with Crippen LogP contribution in [-0.4, -0.2) is 59.6 Å². The molecule has 0 aliphatic carbocycles. The van der Waals surface area contributed by atoms with Crippen molar-refractivity contribution in [3.05, 3.63) is 53.9 Å². The number of amides is 1. The number of hydrogen-bond acceptors (Lipinski definition) is 6. The number of rotatable bonds is 6. The number of alkyl halides is 3. The van der Waals surface area contributed by atoms with Crippen molar-refractivity contribution in [2.24, 2.45) is 5.92 Å². The van der Waals surface area contributed by atoms with Gasteiger partial charge in [0.05, 0.1) is 11.8 Å². The molecule has 212 valence electrons. The van der Waals surface area contributed by atoms with E-state index in [9.17, 15) is 22.8 Å². The fourth-order valence-corrected chi connectivity index (χ4v) is 4.95. The third-order valence-corrected chi connectivity index (χ3v) is 7.08. The van der Waals surface area contributed by atoms with E-state index < -0.39 is 17.3 Å². The fraction of sp³-hybridized carbons (Fsp3) is 0.552. The van der Waals surface area contributed by atoms with Crippen LogP contribution in [0.15, 0.2) is 42.7 Å². The smallest absolute Gasteiger partial charge is 0.416 e. The van der Waals surface area contributed by atoms with Gasteiger partial charge in [-0.05, 0) is 69.9 Å². The molecule has 3 heterocycles. The maximum absolute atomic E-state index is 13.0. The second kappa shape index (κ2) is 11.8. The van der Waals surface area contributed by atoms with Gasteiger partial charge in [0, 0.05) is 62.9 Å². The Balaban J connectivity index is 1.24. The predicted molar refractivity (Wildman–Crippen MR) is 141 cm³/mol. The topological polar surface area (TPSA) is 72.0 Å². The molecule has 2 aliphatic heterocycles. The van der Waals surface area contributed by atoms with E-state index in [-0.39, 0.29) is 23.9 Å². The number of ketones is 1. The number of nitrogens with zero attached hydrogens (tertiary/aromatic N) is 3. The van der Waals surface area contributed by atoms with E-state index in [4.69, 9.17) is 9.47 Å². The van der Waals surface area contributed by atoms with Crippen LogP contribution in [0.3, 0.4) is 0 Å². The standard InChI is InChI=1S/C29H36F3N3O4/c1-28(2,3)39-27(37)35-12-8-20(9-13-35)16-26(36)21-17-25(19-33-18-21)38-24-10-14-34(15-11-24)23-6-4-22(5-7-23)29(30,31)32/h4-7,17-20,24H,8-16H2,1-3H3. The summed E-state index contributed by atoms with van der Waals surface area (Å²) in [7, 11) is 0. The molecule has 1 aromatic carbocycles. The molecule has 0 spiro atoms. The summed E-state index contributed by atoms with van der Waals surface area (Å²) in [5.74, 6) is 0.727. The van der Waals surface area contributed by atoms with Crippen LogP contribution in [0, 0.1) is 5.92 Å². The van der Waals surface area contributed by atoms with Gasteiger partial charge in [-0.15, -0.1) is 0 Å². The highest BCUT2D eigenvalue weighted by Gasteiger charge is 2.31. The zero-order valence-electron chi connectivity index (χ0n) is 22.7. The summed E-state index contributed by atoms with van der Waals surface area (Å²) in [5, 5.41) is 0. The van der Waals surface area contributed by atoms with Crippen molar-refractivity contribution in [1.29, 1.82) is 0 Å². The number of hydrogen-bond donors (Lipinski definition) is 0. The van der Waals surface area contributed by atoms with Crippen LogP contribution in [0.5, 0.6) is 5.75 Å². The number of pyridine rings is 1. The monoisotopic (exact) mass is 547 g/mol. The lowest BCUT2D eigenvalue weighted by Gasteiger charge is -2.34. The lowest BCUT2D eigenvalue weighted by Crippen LogP contribution is -2.42. The van der Waals surface area contributed by atoms with Gasteiger partial charge in [-0.3, -0.25) is 9.78 Å². The molecule has 1 aromatic heterocycles. The first-order valence-electron chi connectivity index (χ1n) is 13.4. The highest BCUT2D eigenvalue weighted by molar-refractivity contribution is 5.96. The van der Waals surface area contributed by atoms with Crippen molar-refractivity contribution in [2.75, 3.05) is 31.1 Å². The van der Waals surface area contributed by atoms with Gasteiger partial charge in [0.15, 0.2) is 5.78 Å². The number of benzene rings is 1. The van der Waals surface area contributed by atoms with Gasteiger partial charge in [-0.1, -0.05) is 0 Å². The van der Waals surface area contributed by atoms with Crippen molar-refractivity contribution in [1.82, 2.24) is 9.88 Å². The van der Waals surface area contributed by atoms with Gasteiger partial charge in [0.25, 0.3) is 0 Å². The molecule has 39 heavy (non-hydrogen) atoms. The average molecular weight is 548 g/mol. The summed E-state index contributed by atoms with van der Waals surface area (Å²) in [4.78, 5) is 33.2. The van der Waals surface area contributed by atoms with Crippen molar-refractivity contribution < 1.29 is 32.2 Å². The molecule has 2 fully saturated rings. The molecular weight excluding hydrogens is 511 g/mol. The van der Waals surface area contributed by atoms with Crippen LogP contribution in [0.1, 0.15) is 68.8 Å². The SMILES string of the molecule is CC(C)(C)OC(=O)N1CCC(CC(=O)c2cncc(OC3CCN(c4ccc(C(F)(F)F)cc4)CC3)c2)CC1. The van der Waals surface area contributed by atoms with E-state index >= 15 is 0 Å². The third-order valence-electron chi connectivity index (χ3n) is 7.08. The summed E-state index contributed by atoms with van der Waals surface area (Å²) in [5.41, 5.74) is 0.0714. The van der Waals surface area contributed by atoms with Gasteiger partial charge in [0.2, 0.25) is 0 Å². The van der Waals surface area contributed by atoms with E-state index in [0.29, 0.717) is 56.8 Å². The number of carbonyl (C=O) groups excluding carboxylic acids is 2. The molecule has 2 saturated heterocycles. The molecule has 2 aromatic rings. The van der Waals surface area contributed by atoms with E-state index in [1.807, 2.05) is 25.7 Å². The maximum Gasteiger partial charge on any atom is 0.416 e. The summed E-state index contributed by atoms with van der Waals surface area (Å²) in [6.07, 6.45) is 1.70. The second-order valence-corrected chi connectivity index (χ2v) is 11.3. The third kappa shape index (κ3) is 8.10. The molecule has 0 N–H and O–H groups in total. The van der Waals surface area contributed by atoms with Crippen molar-refractivity contribution in [3.63, 3.8) is 0 Å². The molecule has 0 unspecified atom stereocenters. The Morgan fingerprint density at radius 2 is 1.59 bits per heavy atom. The minimum atomic E-state index is -4.34. The lowest BCUT2D eigenvalue weighted by molar-refractivity contribution is -0.137. The Morgan fingerprint density at radius 1 is 0.949 bits per heavy atom. The zero-order valence-corrected chi connectivity index (χ0v) is 22.7. The van der Waals surface area contributed by atoms with Crippen LogP contribution in [-0.2, 0) is 10.9 Å². The largest absolute Gasteiger partial charge is 0.489 e. The molecule has 0 radical (unpaired) electrons. The Kier molecular flexibility index (Phi) is 8.71. The number of ether oxygens (including phenoxy) is 2. The molecule has 4 rings (SSSR count). The van der Waals surface area contributed by atoms with Gasteiger partial charge in [0.1, 0.15) is 17.5 Å². The highest BCUT2D eigenvalue weighted by Crippen LogP contribution is 2.31. The van der Waals surface area contributed by atoms with Crippen LogP contribution < -0.4 is 9.64 Å². The Bertz CT molecular complexity index is 1130. The van der Waals surface area contributed by atoms with E-state index in [2.05, 4.69) is 4.98 Å². The van der Waals surface area contributed by atoms with E-state index in [1.54, 1.807) is 23.4 Å². The van der Waals surface area contributed by atoms with Gasteiger partial charge >= 0.3 is 12.3 Å².